The molecule has 3 nitrogen and oxygen atoms in total. The van der Waals surface area contributed by atoms with Gasteiger partial charge in [-0.2, -0.15) is 0 Å². The van der Waals surface area contributed by atoms with Crippen LogP contribution in [0, 0.1) is 6.57 Å². The smallest absolute Gasteiger partial charge is 0.188 e. The van der Waals surface area contributed by atoms with Gasteiger partial charge >= 0.3 is 0 Å². The van der Waals surface area contributed by atoms with Crippen molar-refractivity contribution in [3.05, 3.63) is 187 Å². The summed E-state index contributed by atoms with van der Waals surface area (Å²) in [6, 6.07) is 62.9. The summed E-state index contributed by atoms with van der Waals surface area (Å²) in [5.41, 5.74) is 12.3. The molecule has 0 spiro atoms. The van der Waals surface area contributed by atoms with E-state index in [4.69, 9.17) is 6.57 Å². The van der Waals surface area contributed by atoms with E-state index in [1.54, 1.807) is 0 Å². The lowest BCUT2D eigenvalue weighted by molar-refractivity contribution is 1.18. The number of benzene rings is 8. The molecule has 8 aromatic carbocycles. The molecule has 0 aliphatic carbocycles. The van der Waals surface area contributed by atoms with Crippen molar-refractivity contribution < 1.29 is 0 Å². The molecule has 0 N–H and O–H groups in total. The molecule has 0 saturated carbocycles. The highest BCUT2D eigenvalue weighted by Gasteiger charge is 2.15. The van der Waals surface area contributed by atoms with Crippen LogP contribution < -0.4 is 0 Å². The Bertz CT molecular complexity index is 2970. The molecule has 50 heavy (non-hydrogen) atoms. The predicted molar refractivity (Wildman–Crippen MR) is 210 cm³/mol. The topological polar surface area (TPSA) is 14.2 Å². The van der Waals surface area contributed by atoms with Crippen LogP contribution in [0.15, 0.2) is 176 Å². The van der Waals surface area contributed by atoms with E-state index in [1.807, 2.05) is 12.1 Å². The van der Waals surface area contributed by atoms with E-state index in [1.165, 1.54) is 54.8 Å². The highest BCUT2D eigenvalue weighted by Crippen LogP contribution is 2.38. The third kappa shape index (κ3) is 4.36. The molecule has 0 bridgehead atoms. The first-order chi connectivity index (χ1) is 24.7. The molecule has 232 valence electrons. The largest absolute Gasteiger partial charge is 0.309 e. The van der Waals surface area contributed by atoms with Crippen molar-refractivity contribution in [2.45, 2.75) is 0 Å². The number of hydrogen-bond acceptors (Lipinski definition) is 0. The van der Waals surface area contributed by atoms with Crippen LogP contribution in [0.3, 0.4) is 0 Å². The predicted octanol–water partition coefficient (Wildman–Crippen LogP) is 12.9. The average molecular weight is 636 g/mol. The second-order valence-electron chi connectivity index (χ2n) is 12.9. The fraction of sp³-hybridized carbons (Fsp3) is 0. The van der Waals surface area contributed by atoms with Crippen LogP contribution in [0.25, 0.3) is 92.9 Å². The molecular formula is C47H29N3. The van der Waals surface area contributed by atoms with Crippen molar-refractivity contribution in [1.82, 2.24) is 9.13 Å². The van der Waals surface area contributed by atoms with Crippen LogP contribution in [0.2, 0.25) is 0 Å². The van der Waals surface area contributed by atoms with Crippen molar-refractivity contribution in [3.8, 4) is 33.6 Å². The molecule has 0 amide bonds. The number of nitrogens with zero attached hydrogens (tertiary/aromatic N) is 3. The Balaban J connectivity index is 1.04. The zero-order valence-electron chi connectivity index (χ0n) is 27.1. The first-order valence-electron chi connectivity index (χ1n) is 16.9. The van der Waals surface area contributed by atoms with Crippen molar-refractivity contribution in [2.75, 3.05) is 0 Å². The van der Waals surface area contributed by atoms with Crippen LogP contribution in [0.5, 0.6) is 0 Å². The standard InChI is InChI=1S/C47H29N3/c1-48-37-21-27-47-43(30-37)41-11-5-7-13-45(41)50(47)39-24-18-33(19-25-39)36-20-26-46-42(29-36)40-10-4-6-12-44(40)49(46)38-22-16-32(17-23-38)35-15-14-31-8-2-3-9-34(31)28-35/h2-30H. The highest BCUT2D eigenvalue weighted by atomic mass is 15.0. The number of aromatic nitrogens is 2. The van der Waals surface area contributed by atoms with Gasteiger partial charge in [0.15, 0.2) is 5.69 Å². The van der Waals surface area contributed by atoms with Gasteiger partial charge in [0.05, 0.1) is 28.6 Å². The van der Waals surface area contributed by atoms with Crippen LogP contribution in [0.1, 0.15) is 0 Å². The van der Waals surface area contributed by atoms with Gasteiger partial charge in [-0.15, -0.1) is 0 Å². The van der Waals surface area contributed by atoms with Crippen LogP contribution in [-0.2, 0) is 0 Å². The van der Waals surface area contributed by atoms with Gasteiger partial charge in [-0.1, -0.05) is 109 Å². The van der Waals surface area contributed by atoms with Gasteiger partial charge in [0.2, 0.25) is 0 Å². The van der Waals surface area contributed by atoms with Crippen molar-refractivity contribution in [2.24, 2.45) is 0 Å². The molecule has 0 unspecified atom stereocenters. The van der Waals surface area contributed by atoms with Crippen molar-refractivity contribution >= 4 is 60.1 Å². The van der Waals surface area contributed by atoms with Gasteiger partial charge in [-0.3, -0.25) is 0 Å². The first-order valence-corrected chi connectivity index (χ1v) is 16.9. The third-order valence-corrected chi connectivity index (χ3v) is 10.1. The number of rotatable bonds is 4. The number of para-hydroxylation sites is 2. The third-order valence-electron chi connectivity index (χ3n) is 10.1. The molecule has 0 aliphatic heterocycles. The molecule has 10 aromatic rings. The molecule has 0 fully saturated rings. The first kappa shape index (κ1) is 28.2. The van der Waals surface area contributed by atoms with Crippen LogP contribution in [0.4, 0.5) is 5.69 Å². The molecule has 0 saturated heterocycles. The van der Waals surface area contributed by atoms with Crippen LogP contribution >= 0.6 is 0 Å². The van der Waals surface area contributed by atoms with Gasteiger partial charge in [-0.25, -0.2) is 4.85 Å². The molecule has 10 rings (SSSR count). The minimum absolute atomic E-state index is 0.658. The molecule has 0 atom stereocenters. The lowest BCUT2D eigenvalue weighted by Gasteiger charge is -2.11. The summed E-state index contributed by atoms with van der Waals surface area (Å²) in [5.74, 6) is 0. The Kier molecular flexibility index (Phi) is 6.24. The Hall–Kier alpha value is -6.89. The summed E-state index contributed by atoms with van der Waals surface area (Å²) in [7, 11) is 0. The molecule has 0 aliphatic rings. The zero-order chi connectivity index (χ0) is 33.2. The average Bonchev–Trinajstić information content (AvgIpc) is 3.70. The summed E-state index contributed by atoms with van der Waals surface area (Å²) >= 11 is 0. The molecule has 3 heteroatoms. The Morgan fingerprint density at radius 1 is 0.340 bits per heavy atom. The second kappa shape index (κ2) is 11.1. The van der Waals surface area contributed by atoms with Gasteiger partial charge < -0.3 is 9.13 Å². The van der Waals surface area contributed by atoms with Crippen molar-refractivity contribution in [3.63, 3.8) is 0 Å². The number of hydrogen-bond donors (Lipinski definition) is 0. The van der Waals surface area contributed by atoms with E-state index in [-0.39, 0.29) is 0 Å². The SMILES string of the molecule is [C-]#[N+]c1ccc2c(c1)c1ccccc1n2-c1ccc(-c2ccc3c(c2)c2ccccc2n3-c2ccc(-c3ccc4ccccc4c3)cc2)cc1. The molecule has 2 heterocycles. The second-order valence-corrected chi connectivity index (χ2v) is 12.9. The molecule has 0 radical (unpaired) electrons. The summed E-state index contributed by atoms with van der Waals surface area (Å²) in [6.07, 6.45) is 0. The maximum atomic E-state index is 7.52. The maximum Gasteiger partial charge on any atom is 0.188 e. The minimum atomic E-state index is 0.658. The monoisotopic (exact) mass is 635 g/mol. The van der Waals surface area contributed by atoms with Gasteiger partial charge in [-0.05, 0) is 105 Å². The highest BCUT2D eigenvalue weighted by molar-refractivity contribution is 6.11. The molecular weight excluding hydrogens is 607 g/mol. The van der Waals surface area contributed by atoms with E-state index in [0.717, 1.165) is 33.2 Å². The Morgan fingerprint density at radius 2 is 0.800 bits per heavy atom. The van der Waals surface area contributed by atoms with Gasteiger partial charge in [0, 0.05) is 27.5 Å². The normalized spacial score (nSPS) is 11.6. The van der Waals surface area contributed by atoms with Gasteiger partial charge in [0.1, 0.15) is 0 Å². The van der Waals surface area contributed by atoms with E-state index in [9.17, 15) is 0 Å². The van der Waals surface area contributed by atoms with E-state index < -0.39 is 0 Å². The minimum Gasteiger partial charge on any atom is -0.309 e. The van der Waals surface area contributed by atoms with E-state index in [0.29, 0.717) is 5.69 Å². The summed E-state index contributed by atoms with van der Waals surface area (Å²) in [6.45, 7) is 7.52. The van der Waals surface area contributed by atoms with E-state index in [2.05, 4.69) is 178 Å². The Morgan fingerprint density at radius 3 is 1.42 bits per heavy atom. The summed E-state index contributed by atoms with van der Waals surface area (Å²) in [4.78, 5) is 3.68. The number of fused-ring (bicyclic) bond motifs is 7. The lowest BCUT2D eigenvalue weighted by Crippen LogP contribution is -1.94. The van der Waals surface area contributed by atoms with Gasteiger partial charge in [0.25, 0.3) is 0 Å². The Labute approximate surface area is 289 Å². The van der Waals surface area contributed by atoms with Crippen molar-refractivity contribution in [1.29, 1.82) is 0 Å². The fourth-order valence-corrected chi connectivity index (χ4v) is 7.71. The quantitative estimate of drug-likeness (QED) is 0.171. The zero-order valence-corrected chi connectivity index (χ0v) is 27.1. The summed E-state index contributed by atoms with van der Waals surface area (Å²) in [5, 5.41) is 7.24. The summed E-state index contributed by atoms with van der Waals surface area (Å²) < 4.78 is 4.67. The van der Waals surface area contributed by atoms with E-state index >= 15 is 0 Å². The maximum absolute atomic E-state index is 7.52. The lowest BCUT2D eigenvalue weighted by atomic mass is 10.0. The van der Waals surface area contributed by atoms with Crippen LogP contribution in [-0.4, -0.2) is 9.13 Å². The molecule has 2 aromatic heterocycles. The fourth-order valence-electron chi connectivity index (χ4n) is 7.71.